The fourth-order valence-electron chi connectivity index (χ4n) is 1.30. The predicted octanol–water partition coefficient (Wildman–Crippen LogP) is 1.08. The molecule has 0 radical (unpaired) electrons. The van der Waals surface area contributed by atoms with Gasteiger partial charge in [0.1, 0.15) is 6.61 Å². The Morgan fingerprint density at radius 3 is 2.65 bits per heavy atom. The van der Waals surface area contributed by atoms with E-state index in [-0.39, 0.29) is 0 Å². The van der Waals surface area contributed by atoms with Crippen molar-refractivity contribution in [3.63, 3.8) is 0 Å². The molecule has 0 aliphatic carbocycles. The Bertz CT molecular complexity index is 379. The Kier molecular flexibility index (Phi) is 5.29. The van der Waals surface area contributed by atoms with Crippen LogP contribution in [0.5, 0.6) is 11.5 Å². The molecule has 1 rings (SSSR count). The average molecular weight is 239 g/mol. The summed E-state index contributed by atoms with van der Waals surface area (Å²) in [7, 11) is 4.73. The van der Waals surface area contributed by atoms with Crippen LogP contribution < -0.4 is 14.8 Å². The van der Waals surface area contributed by atoms with Crippen LogP contribution in [-0.4, -0.2) is 40.4 Å². The highest BCUT2D eigenvalue weighted by Gasteiger charge is 2.11. The molecule has 0 amide bonds. The van der Waals surface area contributed by atoms with Gasteiger partial charge in [0.2, 0.25) is 0 Å². The second kappa shape index (κ2) is 6.75. The zero-order valence-corrected chi connectivity index (χ0v) is 10.3. The van der Waals surface area contributed by atoms with Crippen molar-refractivity contribution in [3.05, 3.63) is 23.8 Å². The molecule has 0 aromatic heterocycles. The first-order valence-corrected chi connectivity index (χ1v) is 5.26. The van der Waals surface area contributed by atoms with E-state index in [2.05, 4.69) is 10.1 Å². The summed E-state index contributed by atoms with van der Waals surface area (Å²) < 4.78 is 15.3. The number of esters is 1. The molecule has 5 nitrogen and oxygen atoms in total. The fourth-order valence-corrected chi connectivity index (χ4v) is 1.30. The summed E-state index contributed by atoms with van der Waals surface area (Å²) in [5.41, 5.74) is 0.438. The van der Waals surface area contributed by atoms with Gasteiger partial charge in [-0.05, 0) is 25.2 Å². The molecule has 0 saturated carbocycles. The minimum Gasteiger partial charge on any atom is -0.493 e. The molecule has 1 aromatic carbocycles. The van der Waals surface area contributed by atoms with Crippen molar-refractivity contribution in [1.82, 2.24) is 5.32 Å². The quantitative estimate of drug-likeness (QED) is 0.594. The summed E-state index contributed by atoms with van der Waals surface area (Å²) in [6, 6.07) is 4.93. The van der Waals surface area contributed by atoms with Crippen molar-refractivity contribution in [3.8, 4) is 11.5 Å². The highest BCUT2D eigenvalue weighted by Crippen LogP contribution is 2.28. The molecule has 0 saturated heterocycles. The van der Waals surface area contributed by atoms with Gasteiger partial charge in [0.25, 0.3) is 0 Å². The van der Waals surface area contributed by atoms with Crippen molar-refractivity contribution in [2.45, 2.75) is 0 Å². The Morgan fingerprint density at radius 1 is 1.29 bits per heavy atom. The van der Waals surface area contributed by atoms with Crippen LogP contribution in [0.4, 0.5) is 0 Å². The van der Waals surface area contributed by atoms with Crippen LogP contribution in [0, 0.1) is 0 Å². The third kappa shape index (κ3) is 3.64. The second-order valence-corrected chi connectivity index (χ2v) is 3.31. The number of nitrogens with one attached hydrogen (secondary N) is 1. The van der Waals surface area contributed by atoms with Crippen LogP contribution in [0.1, 0.15) is 10.4 Å². The largest absolute Gasteiger partial charge is 0.493 e. The predicted molar refractivity (Wildman–Crippen MR) is 63.8 cm³/mol. The molecule has 1 aromatic rings. The number of hydrogen-bond acceptors (Lipinski definition) is 5. The lowest BCUT2D eigenvalue weighted by Gasteiger charge is -2.11. The molecule has 0 aliphatic heterocycles. The minimum atomic E-state index is -0.397. The van der Waals surface area contributed by atoms with Crippen molar-refractivity contribution < 1.29 is 19.0 Å². The molecule has 1 N–H and O–H groups in total. The van der Waals surface area contributed by atoms with E-state index in [9.17, 15) is 4.79 Å². The molecular weight excluding hydrogens is 222 g/mol. The Morgan fingerprint density at radius 2 is 2.06 bits per heavy atom. The number of methoxy groups -OCH3 is 2. The van der Waals surface area contributed by atoms with E-state index in [1.54, 1.807) is 25.3 Å². The minimum absolute atomic E-state index is 0.397. The maximum absolute atomic E-state index is 11.4. The van der Waals surface area contributed by atoms with E-state index >= 15 is 0 Å². The molecule has 17 heavy (non-hydrogen) atoms. The number of rotatable bonds is 6. The van der Waals surface area contributed by atoms with Gasteiger partial charge in [-0.3, -0.25) is 0 Å². The molecule has 94 valence electrons. The van der Waals surface area contributed by atoms with Gasteiger partial charge in [-0.15, -0.1) is 0 Å². The molecule has 0 heterocycles. The smallest absolute Gasteiger partial charge is 0.337 e. The van der Waals surface area contributed by atoms with Crippen LogP contribution in [0.25, 0.3) is 0 Å². The molecule has 0 bridgehead atoms. The average Bonchev–Trinajstić information content (AvgIpc) is 2.38. The molecular formula is C12H17NO4. The van der Waals surface area contributed by atoms with E-state index in [1.165, 1.54) is 7.11 Å². The lowest BCUT2D eigenvalue weighted by molar-refractivity contribution is 0.0600. The Labute approximate surface area is 101 Å². The molecule has 0 fully saturated rings. The maximum Gasteiger partial charge on any atom is 0.337 e. The summed E-state index contributed by atoms with van der Waals surface area (Å²) in [6.07, 6.45) is 0. The lowest BCUT2D eigenvalue weighted by atomic mass is 10.2. The zero-order chi connectivity index (χ0) is 12.7. The monoisotopic (exact) mass is 239 g/mol. The van der Waals surface area contributed by atoms with E-state index in [4.69, 9.17) is 9.47 Å². The molecule has 0 atom stereocenters. The summed E-state index contributed by atoms with van der Waals surface area (Å²) in [5, 5.41) is 2.97. The first kappa shape index (κ1) is 13.3. The van der Waals surface area contributed by atoms with Crippen LogP contribution in [-0.2, 0) is 4.74 Å². The van der Waals surface area contributed by atoms with Crippen molar-refractivity contribution in [2.24, 2.45) is 0 Å². The lowest BCUT2D eigenvalue weighted by Crippen LogP contribution is -2.16. The van der Waals surface area contributed by atoms with E-state index in [1.807, 2.05) is 7.05 Å². The number of hydrogen-bond donors (Lipinski definition) is 1. The van der Waals surface area contributed by atoms with E-state index in [0.29, 0.717) is 30.2 Å². The van der Waals surface area contributed by atoms with Gasteiger partial charge in [0.15, 0.2) is 11.5 Å². The SMILES string of the molecule is CNCCOc1cc(C(=O)OC)ccc1OC. The van der Waals surface area contributed by atoms with Crippen LogP contribution in [0.15, 0.2) is 18.2 Å². The first-order chi connectivity index (χ1) is 8.22. The highest BCUT2D eigenvalue weighted by atomic mass is 16.5. The van der Waals surface area contributed by atoms with Crippen molar-refractivity contribution >= 4 is 5.97 Å². The number of likely N-dealkylation sites (N-methyl/N-ethyl adjacent to an activating group) is 1. The number of ether oxygens (including phenoxy) is 3. The van der Waals surface area contributed by atoms with Gasteiger partial charge >= 0.3 is 5.97 Å². The molecule has 0 unspecified atom stereocenters. The van der Waals surface area contributed by atoms with Gasteiger partial charge in [0, 0.05) is 6.54 Å². The van der Waals surface area contributed by atoms with Gasteiger partial charge in [-0.25, -0.2) is 4.79 Å². The standard InChI is InChI=1S/C12H17NO4/c1-13-6-7-17-11-8-9(12(14)16-3)4-5-10(11)15-2/h4-5,8,13H,6-7H2,1-3H3. The van der Waals surface area contributed by atoms with Crippen LogP contribution in [0.2, 0.25) is 0 Å². The van der Waals surface area contributed by atoms with Gasteiger partial charge in [0.05, 0.1) is 19.8 Å². The van der Waals surface area contributed by atoms with E-state index in [0.717, 1.165) is 0 Å². The summed E-state index contributed by atoms with van der Waals surface area (Å²) in [4.78, 5) is 11.4. The number of carbonyl (C=O) groups is 1. The highest BCUT2D eigenvalue weighted by molar-refractivity contribution is 5.90. The zero-order valence-electron chi connectivity index (χ0n) is 10.3. The third-order valence-corrected chi connectivity index (χ3v) is 2.19. The second-order valence-electron chi connectivity index (χ2n) is 3.31. The molecule has 0 spiro atoms. The van der Waals surface area contributed by atoms with Crippen LogP contribution >= 0.6 is 0 Å². The topological polar surface area (TPSA) is 56.8 Å². The summed E-state index contributed by atoms with van der Waals surface area (Å²) >= 11 is 0. The first-order valence-electron chi connectivity index (χ1n) is 5.26. The normalized spacial score (nSPS) is 9.82. The van der Waals surface area contributed by atoms with Crippen molar-refractivity contribution in [2.75, 3.05) is 34.4 Å². The maximum atomic E-state index is 11.4. The van der Waals surface area contributed by atoms with Crippen molar-refractivity contribution in [1.29, 1.82) is 0 Å². The molecule has 5 heteroatoms. The van der Waals surface area contributed by atoms with Gasteiger partial charge in [-0.2, -0.15) is 0 Å². The van der Waals surface area contributed by atoms with Crippen LogP contribution in [0.3, 0.4) is 0 Å². The molecule has 0 aliphatic rings. The fraction of sp³-hybridized carbons (Fsp3) is 0.417. The third-order valence-electron chi connectivity index (χ3n) is 2.19. The van der Waals surface area contributed by atoms with Gasteiger partial charge < -0.3 is 19.5 Å². The van der Waals surface area contributed by atoms with Gasteiger partial charge in [-0.1, -0.05) is 0 Å². The summed E-state index contributed by atoms with van der Waals surface area (Å²) in [6.45, 7) is 1.21. The summed E-state index contributed by atoms with van der Waals surface area (Å²) in [5.74, 6) is 0.727. The number of benzene rings is 1. The Balaban J connectivity index is 2.86. The Hall–Kier alpha value is -1.75. The number of carbonyl (C=O) groups excluding carboxylic acids is 1. The van der Waals surface area contributed by atoms with E-state index < -0.39 is 5.97 Å².